The normalized spacial score (nSPS) is 28.2. The largest absolute Gasteiger partial charge is 0.480 e. The van der Waals surface area contributed by atoms with E-state index in [1.165, 1.54) is 11.1 Å². The summed E-state index contributed by atoms with van der Waals surface area (Å²) in [4.78, 5) is 24.5. The Hall–Kier alpha value is -1.59. The zero-order valence-corrected chi connectivity index (χ0v) is 12.4. The Bertz CT molecular complexity index is 613. The lowest BCUT2D eigenvalue weighted by Gasteiger charge is -2.26. The van der Waals surface area contributed by atoms with Crippen molar-refractivity contribution in [1.82, 2.24) is 5.32 Å². The van der Waals surface area contributed by atoms with Crippen molar-refractivity contribution in [2.24, 2.45) is 11.8 Å². The smallest absolute Gasteiger partial charge is 0.321 e. The molecule has 1 aromatic rings. The molecule has 21 heavy (non-hydrogen) atoms. The van der Waals surface area contributed by atoms with Gasteiger partial charge < -0.3 is 5.11 Å². The molecule has 110 valence electrons. The second-order valence-electron chi connectivity index (χ2n) is 5.75. The summed E-state index contributed by atoms with van der Waals surface area (Å²) in [6.07, 6.45) is 2.35. The number of benzene rings is 1. The van der Waals surface area contributed by atoms with Gasteiger partial charge in [0.2, 0.25) is 0 Å². The van der Waals surface area contributed by atoms with Crippen LogP contribution in [0.2, 0.25) is 0 Å². The maximum atomic E-state index is 12.7. The van der Waals surface area contributed by atoms with Crippen LogP contribution in [0.25, 0.3) is 0 Å². The van der Waals surface area contributed by atoms with Gasteiger partial charge in [-0.1, -0.05) is 36.5 Å². The van der Waals surface area contributed by atoms with E-state index in [4.69, 9.17) is 12.2 Å². The molecule has 0 amide bonds. The first-order valence-electron chi connectivity index (χ1n) is 7.17. The van der Waals surface area contributed by atoms with Crippen LogP contribution < -0.4 is 5.32 Å². The number of thiocarbonyl (C=S) groups is 1. The minimum atomic E-state index is -0.996. The number of aryl methyl sites for hydroxylation is 1. The van der Waals surface area contributed by atoms with Crippen LogP contribution in [0.1, 0.15) is 17.5 Å². The van der Waals surface area contributed by atoms with Gasteiger partial charge in [-0.3, -0.25) is 14.9 Å². The van der Waals surface area contributed by atoms with Gasteiger partial charge in [0.15, 0.2) is 0 Å². The average molecular weight is 303 g/mol. The first-order valence-corrected chi connectivity index (χ1v) is 7.58. The Labute approximate surface area is 128 Å². The Morgan fingerprint density at radius 1 is 1.24 bits per heavy atom. The van der Waals surface area contributed by atoms with Gasteiger partial charge in [0.1, 0.15) is 11.8 Å². The lowest BCUT2D eigenvalue weighted by atomic mass is 9.77. The fraction of sp³-hybridized carbons (Fsp3) is 0.438. The van der Waals surface area contributed by atoms with Gasteiger partial charge in [0, 0.05) is 17.3 Å². The molecule has 2 N–H and O–H groups in total. The van der Waals surface area contributed by atoms with Crippen molar-refractivity contribution < 1.29 is 14.7 Å². The molecule has 3 rings (SSSR count). The van der Waals surface area contributed by atoms with Crippen molar-refractivity contribution in [3.63, 3.8) is 0 Å². The van der Waals surface area contributed by atoms with E-state index in [0.29, 0.717) is 17.8 Å². The number of Topliss-reactive ketones (excluding diaryl/α,β-unsaturated/α-hetero) is 1. The van der Waals surface area contributed by atoms with Crippen LogP contribution in [0.15, 0.2) is 24.3 Å². The van der Waals surface area contributed by atoms with Crippen molar-refractivity contribution in [2.45, 2.75) is 25.3 Å². The number of aliphatic carboxylic acids is 1. The van der Waals surface area contributed by atoms with E-state index in [1.54, 1.807) is 0 Å². The maximum Gasteiger partial charge on any atom is 0.321 e. The highest BCUT2D eigenvalue weighted by Gasteiger charge is 2.43. The fourth-order valence-corrected chi connectivity index (χ4v) is 3.71. The van der Waals surface area contributed by atoms with E-state index in [2.05, 4.69) is 17.4 Å². The van der Waals surface area contributed by atoms with Gasteiger partial charge in [-0.05, 0) is 30.4 Å². The number of carbonyl (C=O) groups excluding carboxylic acids is 1. The van der Waals surface area contributed by atoms with Gasteiger partial charge in [-0.15, -0.1) is 0 Å². The highest BCUT2D eigenvalue weighted by atomic mass is 32.1. The van der Waals surface area contributed by atoms with Gasteiger partial charge in [0.25, 0.3) is 0 Å². The molecule has 4 nitrogen and oxygen atoms in total. The van der Waals surface area contributed by atoms with Crippen LogP contribution in [0.5, 0.6) is 0 Å². The van der Waals surface area contributed by atoms with Crippen molar-refractivity contribution >= 4 is 28.8 Å². The standard InChI is InChI=1S/C16H17NO3S/c18-15(13-12(21)8-17-14(13)16(19)20)11-6-5-9-3-1-2-4-10(9)7-11/h1-4,11,13-14,17H,5-8H2,(H,19,20)/t11?,13?,14-/m0/s1. The van der Waals surface area contributed by atoms with Gasteiger partial charge in [0.05, 0.1) is 5.92 Å². The van der Waals surface area contributed by atoms with E-state index >= 15 is 0 Å². The SMILES string of the molecule is O=C(C1CCc2ccccc2C1)C1C(=S)CN[C@@H]1C(=O)O. The summed E-state index contributed by atoms with van der Waals surface area (Å²) in [6.45, 7) is 0.339. The first kappa shape index (κ1) is 14.4. The van der Waals surface area contributed by atoms with Gasteiger partial charge in [-0.25, -0.2) is 0 Å². The zero-order chi connectivity index (χ0) is 15.0. The van der Waals surface area contributed by atoms with Crippen LogP contribution in [0.3, 0.4) is 0 Å². The number of rotatable bonds is 3. The molecule has 3 atom stereocenters. The topological polar surface area (TPSA) is 66.4 Å². The van der Waals surface area contributed by atoms with E-state index in [9.17, 15) is 14.7 Å². The number of carbonyl (C=O) groups is 2. The van der Waals surface area contributed by atoms with Crippen molar-refractivity contribution in [3.8, 4) is 0 Å². The Balaban J connectivity index is 1.80. The van der Waals surface area contributed by atoms with Gasteiger partial charge in [-0.2, -0.15) is 0 Å². The second-order valence-corrected chi connectivity index (χ2v) is 6.28. The van der Waals surface area contributed by atoms with E-state index < -0.39 is 17.9 Å². The molecule has 2 unspecified atom stereocenters. The number of nitrogens with one attached hydrogen (secondary N) is 1. The molecule has 1 saturated heterocycles. The van der Waals surface area contributed by atoms with Crippen LogP contribution in [-0.2, 0) is 22.4 Å². The van der Waals surface area contributed by atoms with Crippen molar-refractivity contribution in [2.75, 3.05) is 6.54 Å². The Morgan fingerprint density at radius 3 is 2.67 bits per heavy atom. The molecule has 5 heteroatoms. The number of hydrogen-bond donors (Lipinski definition) is 2. The number of carboxylic acid groups (broad SMARTS) is 1. The number of carboxylic acids is 1. The van der Waals surface area contributed by atoms with Crippen LogP contribution >= 0.6 is 12.2 Å². The number of ketones is 1. The monoisotopic (exact) mass is 303 g/mol. The van der Waals surface area contributed by atoms with Crippen LogP contribution in [-0.4, -0.2) is 34.3 Å². The quantitative estimate of drug-likeness (QED) is 0.826. The van der Waals surface area contributed by atoms with E-state index in [-0.39, 0.29) is 11.7 Å². The average Bonchev–Trinajstić information content (AvgIpc) is 2.88. The molecule has 0 radical (unpaired) electrons. The van der Waals surface area contributed by atoms with Gasteiger partial charge >= 0.3 is 5.97 Å². The van der Waals surface area contributed by atoms with Crippen LogP contribution in [0, 0.1) is 11.8 Å². The predicted molar refractivity (Wildman–Crippen MR) is 82.5 cm³/mol. The molecule has 2 aliphatic rings. The number of fused-ring (bicyclic) bond motifs is 1. The van der Waals surface area contributed by atoms with Crippen molar-refractivity contribution in [1.29, 1.82) is 0 Å². The molecular formula is C16H17NO3S. The first-order chi connectivity index (χ1) is 10.1. The number of hydrogen-bond acceptors (Lipinski definition) is 4. The second kappa shape index (κ2) is 5.66. The molecule has 1 heterocycles. The fourth-order valence-electron chi connectivity index (χ4n) is 3.37. The molecule has 0 aromatic heterocycles. The molecule has 0 bridgehead atoms. The molecule has 1 aromatic carbocycles. The molecular weight excluding hydrogens is 286 g/mol. The third kappa shape index (κ3) is 2.63. The molecule has 1 aliphatic heterocycles. The Kier molecular flexibility index (Phi) is 3.87. The zero-order valence-electron chi connectivity index (χ0n) is 11.5. The highest BCUT2D eigenvalue weighted by molar-refractivity contribution is 7.80. The third-order valence-electron chi connectivity index (χ3n) is 4.50. The summed E-state index contributed by atoms with van der Waals surface area (Å²) >= 11 is 5.21. The summed E-state index contributed by atoms with van der Waals surface area (Å²) in [5.41, 5.74) is 2.49. The Morgan fingerprint density at radius 2 is 1.95 bits per heavy atom. The summed E-state index contributed by atoms with van der Waals surface area (Å²) in [5, 5.41) is 12.1. The third-order valence-corrected chi connectivity index (χ3v) is 4.90. The molecule has 0 spiro atoms. The molecule has 1 fully saturated rings. The summed E-state index contributed by atoms with van der Waals surface area (Å²) < 4.78 is 0. The molecule has 0 saturated carbocycles. The molecule has 1 aliphatic carbocycles. The minimum absolute atomic E-state index is 0.00750. The lowest BCUT2D eigenvalue weighted by Crippen LogP contribution is -2.42. The lowest BCUT2D eigenvalue weighted by molar-refractivity contribution is -0.142. The summed E-state index contributed by atoms with van der Waals surface area (Å²) in [6, 6.07) is 7.28. The maximum absolute atomic E-state index is 12.7. The van der Waals surface area contributed by atoms with E-state index in [0.717, 1.165) is 12.8 Å². The highest BCUT2D eigenvalue weighted by Crippen LogP contribution is 2.30. The summed E-state index contributed by atoms with van der Waals surface area (Å²) in [7, 11) is 0. The predicted octanol–water partition coefficient (Wildman–Crippen LogP) is 1.40. The van der Waals surface area contributed by atoms with E-state index in [1.807, 2.05) is 12.1 Å². The summed E-state index contributed by atoms with van der Waals surface area (Å²) in [5.74, 6) is -1.78. The van der Waals surface area contributed by atoms with Crippen molar-refractivity contribution in [3.05, 3.63) is 35.4 Å². The minimum Gasteiger partial charge on any atom is -0.480 e. The van der Waals surface area contributed by atoms with Crippen LogP contribution in [0.4, 0.5) is 0 Å².